The highest BCUT2D eigenvalue weighted by molar-refractivity contribution is 5.84. The summed E-state index contributed by atoms with van der Waals surface area (Å²) in [6.45, 7) is 0. The maximum atomic E-state index is 13.1. The summed E-state index contributed by atoms with van der Waals surface area (Å²) < 4.78 is 0. The molecule has 3 N–H and O–H groups in total. The van der Waals surface area contributed by atoms with Crippen LogP contribution in [0.15, 0.2) is 54.9 Å². The van der Waals surface area contributed by atoms with E-state index in [0.29, 0.717) is 17.9 Å². The molecule has 1 saturated heterocycles. The molecule has 140 valence electrons. The standard InChI is InChI=1S/C22H26N4O/c27-21(24-22(10-11-22)17-6-2-1-3-7-17)20-18-13-15(8-9-19(18)25-26-20)16-5-4-12-23-14-16/h1-7,12,14-15,18-20,25-26H,8-11,13H2,(H,24,27). The summed E-state index contributed by atoms with van der Waals surface area (Å²) >= 11 is 0. The first kappa shape index (κ1) is 16.9. The van der Waals surface area contributed by atoms with E-state index in [0.717, 1.165) is 32.1 Å². The zero-order chi connectivity index (χ0) is 18.3. The second-order valence-electron chi connectivity index (χ2n) is 8.27. The maximum absolute atomic E-state index is 13.1. The van der Waals surface area contributed by atoms with Gasteiger partial charge in [0, 0.05) is 24.4 Å². The SMILES string of the molecule is O=C(NC1(c2ccccc2)CC1)C1NNC2CCC(c3cccnc3)CC21. The van der Waals surface area contributed by atoms with E-state index >= 15 is 0 Å². The molecule has 3 fully saturated rings. The van der Waals surface area contributed by atoms with Crippen LogP contribution in [0, 0.1) is 5.92 Å². The second kappa shape index (κ2) is 6.73. The van der Waals surface area contributed by atoms with Crippen LogP contribution < -0.4 is 16.2 Å². The lowest BCUT2D eigenvalue weighted by Crippen LogP contribution is -2.49. The lowest BCUT2D eigenvalue weighted by atomic mass is 9.73. The lowest BCUT2D eigenvalue weighted by Gasteiger charge is -2.33. The van der Waals surface area contributed by atoms with Crippen molar-refractivity contribution < 1.29 is 4.79 Å². The molecule has 2 saturated carbocycles. The highest BCUT2D eigenvalue weighted by Gasteiger charge is 2.49. The van der Waals surface area contributed by atoms with Gasteiger partial charge in [-0.25, -0.2) is 5.43 Å². The van der Waals surface area contributed by atoms with Gasteiger partial charge in [0.15, 0.2) is 0 Å². The fourth-order valence-electron chi connectivity index (χ4n) is 4.92. The molecule has 27 heavy (non-hydrogen) atoms. The van der Waals surface area contributed by atoms with Crippen molar-refractivity contribution in [1.82, 2.24) is 21.2 Å². The van der Waals surface area contributed by atoms with E-state index in [4.69, 9.17) is 0 Å². The summed E-state index contributed by atoms with van der Waals surface area (Å²) in [5, 5.41) is 3.36. The van der Waals surface area contributed by atoms with Crippen LogP contribution >= 0.6 is 0 Å². The van der Waals surface area contributed by atoms with Gasteiger partial charge in [-0.2, -0.15) is 0 Å². The van der Waals surface area contributed by atoms with Gasteiger partial charge in [-0.15, -0.1) is 0 Å². The fourth-order valence-corrected chi connectivity index (χ4v) is 4.92. The van der Waals surface area contributed by atoms with E-state index < -0.39 is 0 Å². The summed E-state index contributed by atoms with van der Waals surface area (Å²) in [4.78, 5) is 17.4. The van der Waals surface area contributed by atoms with E-state index in [9.17, 15) is 4.79 Å². The van der Waals surface area contributed by atoms with Gasteiger partial charge in [-0.1, -0.05) is 36.4 Å². The molecule has 1 aromatic carbocycles. The topological polar surface area (TPSA) is 66.1 Å². The Morgan fingerprint density at radius 2 is 1.93 bits per heavy atom. The summed E-state index contributed by atoms with van der Waals surface area (Å²) in [5.41, 5.74) is 9.03. The number of benzene rings is 1. The number of hydrazine groups is 1. The number of rotatable bonds is 4. The Hall–Kier alpha value is -2.24. The van der Waals surface area contributed by atoms with Gasteiger partial charge in [0.2, 0.25) is 5.91 Å². The quantitative estimate of drug-likeness (QED) is 0.782. The third-order valence-corrected chi connectivity index (χ3v) is 6.63. The minimum Gasteiger partial charge on any atom is -0.345 e. The van der Waals surface area contributed by atoms with Crippen molar-refractivity contribution in [2.75, 3.05) is 0 Å². The van der Waals surface area contributed by atoms with Gasteiger partial charge in [0.1, 0.15) is 6.04 Å². The van der Waals surface area contributed by atoms with Gasteiger partial charge in [-0.05, 0) is 55.2 Å². The lowest BCUT2D eigenvalue weighted by molar-refractivity contribution is -0.125. The van der Waals surface area contributed by atoms with Crippen LogP contribution in [0.5, 0.6) is 0 Å². The summed E-state index contributed by atoms with van der Waals surface area (Å²) in [7, 11) is 0. The Balaban J connectivity index is 1.30. The van der Waals surface area contributed by atoms with Gasteiger partial charge in [0.25, 0.3) is 0 Å². The number of pyridine rings is 1. The molecule has 2 heterocycles. The third kappa shape index (κ3) is 3.15. The summed E-state index contributed by atoms with van der Waals surface area (Å²) in [6.07, 6.45) is 9.10. The number of hydrogen-bond donors (Lipinski definition) is 3. The molecule has 5 heteroatoms. The monoisotopic (exact) mass is 362 g/mol. The number of aromatic nitrogens is 1. The minimum atomic E-state index is -0.171. The number of fused-ring (bicyclic) bond motifs is 1. The summed E-state index contributed by atoms with van der Waals surface area (Å²) in [6, 6.07) is 14.7. The molecule has 0 bridgehead atoms. The zero-order valence-corrected chi connectivity index (χ0v) is 15.4. The second-order valence-corrected chi connectivity index (χ2v) is 8.27. The molecular weight excluding hydrogens is 336 g/mol. The molecule has 4 atom stereocenters. The predicted octanol–water partition coefficient (Wildman–Crippen LogP) is 2.62. The number of hydrogen-bond acceptors (Lipinski definition) is 4. The predicted molar refractivity (Wildman–Crippen MR) is 104 cm³/mol. The van der Waals surface area contributed by atoms with Crippen molar-refractivity contribution in [2.45, 2.75) is 55.6 Å². The Bertz CT molecular complexity index is 806. The van der Waals surface area contributed by atoms with Crippen LogP contribution in [0.4, 0.5) is 0 Å². The Morgan fingerprint density at radius 1 is 1.07 bits per heavy atom. The number of amides is 1. The minimum absolute atomic E-state index is 0.128. The highest BCUT2D eigenvalue weighted by Crippen LogP contribution is 2.46. The molecule has 0 radical (unpaired) electrons. The average molecular weight is 362 g/mol. The largest absolute Gasteiger partial charge is 0.345 e. The normalized spacial score (nSPS) is 31.1. The van der Waals surface area contributed by atoms with Crippen LogP contribution in [0.2, 0.25) is 0 Å². The van der Waals surface area contributed by atoms with Crippen LogP contribution in [0.3, 0.4) is 0 Å². The van der Waals surface area contributed by atoms with Crippen LogP contribution in [0.25, 0.3) is 0 Å². The Kier molecular flexibility index (Phi) is 4.21. The summed E-state index contributed by atoms with van der Waals surface area (Å²) in [5.74, 6) is 0.930. The molecular formula is C22H26N4O. The molecule has 0 spiro atoms. The molecule has 4 unspecified atom stereocenters. The van der Waals surface area contributed by atoms with Crippen LogP contribution in [0.1, 0.15) is 49.1 Å². The van der Waals surface area contributed by atoms with E-state index in [1.54, 1.807) is 0 Å². The van der Waals surface area contributed by atoms with Crippen molar-refractivity contribution in [3.8, 4) is 0 Å². The third-order valence-electron chi connectivity index (χ3n) is 6.63. The van der Waals surface area contributed by atoms with Gasteiger partial charge < -0.3 is 5.32 Å². The zero-order valence-electron chi connectivity index (χ0n) is 15.4. The van der Waals surface area contributed by atoms with Crippen molar-refractivity contribution in [3.05, 3.63) is 66.0 Å². The number of nitrogens with one attached hydrogen (secondary N) is 3. The Labute approximate surface area is 159 Å². The highest BCUT2D eigenvalue weighted by atomic mass is 16.2. The van der Waals surface area contributed by atoms with Crippen molar-refractivity contribution >= 4 is 5.91 Å². The van der Waals surface area contributed by atoms with Gasteiger partial charge in [-0.3, -0.25) is 15.2 Å². The van der Waals surface area contributed by atoms with Crippen LogP contribution in [-0.2, 0) is 10.3 Å². The average Bonchev–Trinajstić information content (AvgIpc) is 3.38. The van der Waals surface area contributed by atoms with Crippen LogP contribution in [-0.4, -0.2) is 23.0 Å². The van der Waals surface area contributed by atoms with E-state index in [1.165, 1.54) is 11.1 Å². The number of carbonyl (C=O) groups is 1. The first-order valence-electron chi connectivity index (χ1n) is 10.0. The molecule has 5 rings (SSSR count). The molecule has 2 aliphatic carbocycles. The maximum Gasteiger partial charge on any atom is 0.239 e. The van der Waals surface area contributed by atoms with E-state index in [1.807, 2.05) is 36.7 Å². The Morgan fingerprint density at radius 3 is 2.67 bits per heavy atom. The molecule has 1 aliphatic heterocycles. The molecule has 1 aromatic heterocycles. The van der Waals surface area contributed by atoms with E-state index in [2.05, 4.69) is 39.4 Å². The fraction of sp³-hybridized carbons (Fsp3) is 0.455. The molecule has 5 nitrogen and oxygen atoms in total. The first-order valence-corrected chi connectivity index (χ1v) is 10.0. The first-order chi connectivity index (χ1) is 13.3. The molecule has 3 aliphatic rings. The number of carbonyl (C=O) groups excluding carboxylic acids is 1. The van der Waals surface area contributed by atoms with E-state index in [-0.39, 0.29) is 17.5 Å². The van der Waals surface area contributed by atoms with Crippen molar-refractivity contribution in [3.63, 3.8) is 0 Å². The molecule has 2 aromatic rings. The molecule has 1 amide bonds. The van der Waals surface area contributed by atoms with Gasteiger partial charge >= 0.3 is 0 Å². The number of nitrogens with zero attached hydrogens (tertiary/aromatic N) is 1. The van der Waals surface area contributed by atoms with Crippen molar-refractivity contribution in [2.24, 2.45) is 5.92 Å². The van der Waals surface area contributed by atoms with Gasteiger partial charge in [0.05, 0.1) is 5.54 Å². The smallest absolute Gasteiger partial charge is 0.239 e. The van der Waals surface area contributed by atoms with Crippen molar-refractivity contribution in [1.29, 1.82) is 0 Å².